The molecule has 9 heteroatoms. The van der Waals surface area contributed by atoms with Crippen molar-refractivity contribution in [3.05, 3.63) is 17.5 Å². The summed E-state index contributed by atoms with van der Waals surface area (Å²) in [4.78, 5) is 25.4. The monoisotopic (exact) mass is 437 g/mol. The first kappa shape index (κ1) is 19.5. The molecule has 0 aromatic carbocycles. The van der Waals surface area contributed by atoms with E-state index in [0.29, 0.717) is 22.8 Å². The zero-order chi connectivity index (χ0) is 20.4. The number of anilines is 1. The number of nitrogens with zero attached hydrogens (tertiary/aromatic N) is 1. The maximum absolute atomic E-state index is 13.3. The summed E-state index contributed by atoms with van der Waals surface area (Å²) < 4.78 is 23.1. The van der Waals surface area contributed by atoms with E-state index in [4.69, 9.17) is 5.73 Å². The number of nitrogens with two attached hydrogens (primary N) is 1. The standard InChI is InChI=1S/C20H27N3O4S2/c21-17(24)20-8-12-6-13(9-20)16(14(7-12)10-20)22-18(25)19(3-4-19)11-23(29(26)27)15-2-1-5-28-15/h1-2,5,12-14,16H,3-4,6-11H2,(H2,21,24)(H,22,25)(H,26,27). The minimum Gasteiger partial charge on any atom is -0.369 e. The number of hydrogen-bond acceptors (Lipinski definition) is 4. The van der Waals surface area contributed by atoms with Crippen LogP contribution in [-0.4, -0.2) is 33.2 Å². The molecule has 0 radical (unpaired) electrons. The van der Waals surface area contributed by atoms with Crippen LogP contribution < -0.4 is 15.4 Å². The lowest BCUT2D eigenvalue weighted by Gasteiger charge is -2.59. The van der Waals surface area contributed by atoms with Crippen molar-refractivity contribution in [3.8, 4) is 0 Å². The van der Waals surface area contributed by atoms with Gasteiger partial charge in [0.1, 0.15) is 5.00 Å². The third-order valence-corrected chi connectivity index (χ3v) is 9.53. The van der Waals surface area contributed by atoms with Crippen molar-refractivity contribution in [1.29, 1.82) is 0 Å². The van der Waals surface area contributed by atoms with Crippen LogP contribution in [0.1, 0.15) is 44.9 Å². The molecule has 5 aliphatic carbocycles. The Bertz CT molecular complexity index is 838. The van der Waals surface area contributed by atoms with Crippen LogP contribution in [0.25, 0.3) is 0 Å². The molecule has 2 amide bonds. The lowest BCUT2D eigenvalue weighted by Crippen LogP contribution is -2.62. The highest BCUT2D eigenvalue weighted by Crippen LogP contribution is 2.60. The van der Waals surface area contributed by atoms with Gasteiger partial charge in [-0.25, -0.2) is 4.21 Å². The number of carbonyl (C=O) groups is 2. The highest BCUT2D eigenvalue weighted by atomic mass is 32.2. The summed E-state index contributed by atoms with van der Waals surface area (Å²) in [5.74, 6) is 1.00. The Morgan fingerprint density at radius 2 is 1.97 bits per heavy atom. The molecule has 4 N–H and O–H groups in total. The first-order valence-corrected chi connectivity index (χ1v) is 12.3. The van der Waals surface area contributed by atoms with E-state index in [9.17, 15) is 18.4 Å². The fraction of sp³-hybridized carbons (Fsp3) is 0.700. The molecule has 3 atom stereocenters. The van der Waals surface area contributed by atoms with Gasteiger partial charge in [0.15, 0.2) is 0 Å². The second-order valence-electron chi connectivity index (χ2n) is 9.61. The number of amides is 2. The van der Waals surface area contributed by atoms with Crippen LogP contribution in [-0.2, 0) is 20.9 Å². The van der Waals surface area contributed by atoms with E-state index in [1.165, 1.54) is 15.6 Å². The molecular formula is C20H27N3O4S2. The van der Waals surface area contributed by atoms with Gasteiger partial charge in [-0.15, -0.1) is 11.3 Å². The minimum atomic E-state index is -2.16. The first-order chi connectivity index (χ1) is 13.8. The summed E-state index contributed by atoms with van der Waals surface area (Å²) in [6, 6.07) is 3.73. The van der Waals surface area contributed by atoms with Crippen molar-refractivity contribution < 1.29 is 18.4 Å². The molecule has 1 aromatic heterocycles. The Labute approximate surface area is 176 Å². The van der Waals surface area contributed by atoms with Crippen molar-refractivity contribution in [3.63, 3.8) is 0 Å². The molecule has 3 unspecified atom stereocenters. The number of rotatable bonds is 7. The smallest absolute Gasteiger partial charge is 0.262 e. The number of carbonyl (C=O) groups excluding carboxylic acids is 2. The maximum atomic E-state index is 13.3. The molecule has 29 heavy (non-hydrogen) atoms. The van der Waals surface area contributed by atoms with Crippen molar-refractivity contribution in [2.75, 3.05) is 10.8 Å². The zero-order valence-electron chi connectivity index (χ0n) is 16.2. The summed E-state index contributed by atoms with van der Waals surface area (Å²) in [7, 11) is 0. The molecule has 7 nitrogen and oxygen atoms in total. The maximum Gasteiger partial charge on any atom is 0.262 e. The summed E-state index contributed by atoms with van der Waals surface area (Å²) in [6.07, 6.45) is 6.07. The topological polar surface area (TPSA) is 113 Å². The molecule has 158 valence electrons. The van der Waals surface area contributed by atoms with Gasteiger partial charge in [0.25, 0.3) is 11.3 Å². The van der Waals surface area contributed by atoms with Crippen LogP contribution >= 0.6 is 11.3 Å². The van der Waals surface area contributed by atoms with Gasteiger partial charge in [-0.05, 0) is 80.2 Å². The van der Waals surface area contributed by atoms with Gasteiger partial charge < -0.3 is 11.1 Å². The molecule has 5 fully saturated rings. The summed E-state index contributed by atoms with van der Waals surface area (Å²) in [6.45, 7) is 0.248. The summed E-state index contributed by atoms with van der Waals surface area (Å²) in [5.41, 5.74) is 4.80. The number of thiophene rings is 1. The third-order valence-electron chi connectivity index (χ3n) is 7.82. The molecule has 0 aliphatic heterocycles. The highest BCUT2D eigenvalue weighted by Gasteiger charge is 2.59. The number of hydrogen-bond donors (Lipinski definition) is 3. The Kier molecular flexibility index (Phi) is 4.56. The van der Waals surface area contributed by atoms with Gasteiger partial charge in [0, 0.05) is 18.0 Å². The van der Waals surface area contributed by atoms with E-state index >= 15 is 0 Å². The van der Waals surface area contributed by atoms with E-state index in [2.05, 4.69) is 5.32 Å². The van der Waals surface area contributed by atoms with Gasteiger partial charge in [-0.2, -0.15) is 0 Å². The Morgan fingerprint density at radius 3 is 2.48 bits per heavy atom. The third kappa shape index (κ3) is 3.21. The van der Waals surface area contributed by atoms with Crippen LogP contribution in [0.3, 0.4) is 0 Å². The van der Waals surface area contributed by atoms with Gasteiger partial charge in [0.05, 0.1) is 5.41 Å². The normalized spacial score (nSPS) is 37.1. The van der Waals surface area contributed by atoms with Gasteiger partial charge in [0.2, 0.25) is 11.8 Å². The SMILES string of the molecule is NC(=O)C12CC3CC(C1)C(NC(=O)C1(CN(c4cccs4)S(=O)O)CC1)C(C3)C2. The number of primary amides is 1. The molecule has 6 rings (SSSR count). The molecule has 0 saturated heterocycles. The van der Waals surface area contributed by atoms with Gasteiger partial charge in [-0.3, -0.25) is 18.4 Å². The molecule has 4 bridgehead atoms. The predicted octanol–water partition coefficient (Wildman–Crippen LogP) is 2.27. The average molecular weight is 438 g/mol. The first-order valence-electron chi connectivity index (χ1n) is 10.3. The molecule has 5 aliphatic rings. The lowest BCUT2D eigenvalue weighted by molar-refractivity contribution is -0.148. The molecule has 1 aromatic rings. The van der Waals surface area contributed by atoms with Crippen LogP contribution in [0, 0.1) is 28.6 Å². The Balaban J connectivity index is 1.30. The molecule has 1 heterocycles. The summed E-state index contributed by atoms with van der Waals surface area (Å²) >= 11 is -0.771. The Morgan fingerprint density at radius 1 is 1.28 bits per heavy atom. The fourth-order valence-electron chi connectivity index (χ4n) is 6.37. The Hall–Kier alpha value is -1.45. The van der Waals surface area contributed by atoms with E-state index in [0.717, 1.165) is 44.9 Å². The molecule has 5 saturated carbocycles. The quantitative estimate of drug-likeness (QED) is 0.568. The molecular weight excluding hydrogens is 410 g/mol. The number of nitrogens with one attached hydrogen (secondary N) is 1. The second kappa shape index (κ2) is 6.78. The lowest BCUT2D eigenvalue weighted by atomic mass is 9.47. The van der Waals surface area contributed by atoms with Crippen LogP contribution in [0.2, 0.25) is 0 Å². The summed E-state index contributed by atoms with van der Waals surface area (Å²) in [5, 5.41) is 5.87. The van der Waals surface area contributed by atoms with E-state index < -0.39 is 16.7 Å². The average Bonchev–Trinajstić information content (AvgIpc) is 3.26. The van der Waals surface area contributed by atoms with Gasteiger partial charge in [-0.1, -0.05) is 0 Å². The predicted molar refractivity (Wildman–Crippen MR) is 111 cm³/mol. The van der Waals surface area contributed by atoms with Crippen molar-refractivity contribution in [1.82, 2.24) is 5.32 Å². The van der Waals surface area contributed by atoms with Crippen LogP contribution in [0.4, 0.5) is 5.00 Å². The van der Waals surface area contributed by atoms with E-state index in [-0.39, 0.29) is 29.8 Å². The minimum absolute atomic E-state index is 0.00453. The van der Waals surface area contributed by atoms with Crippen molar-refractivity contribution in [2.24, 2.45) is 34.3 Å². The zero-order valence-corrected chi connectivity index (χ0v) is 17.8. The van der Waals surface area contributed by atoms with E-state index in [1.54, 1.807) is 6.07 Å². The van der Waals surface area contributed by atoms with Crippen LogP contribution in [0.15, 0.2) is 17.5 Å². The second-order valence-corrected chi connectivity index (χ2v) is 11.4. The fourth-order valence-corrected chi connectivity index (χ4v) is 7.90. The largest absolute Gasteiger partial charge is 0.369 e. The van der Waals surface area contributed by atoms with E-state index in [1.807, 2.05) is 11.4 Å². The highest BCUT2D eigenvalue weighted by molar-refractivity contribution is 7.81. The molecule has 0 spiro atoms. The van der Waals surface area contributed by atoms with Crippen LogP contribution in [0.5, 0.6) is 0 Å². The van der Waals surface area contributed by atoms with Crippen molar-refractivity contribution >= 4 is 39.4 Å². The van der Waals surface area contributed by atoms with Gasteiger partial charge >= 0.3 is 0 Å². The van der Waals surface area contributed by atoms with Crippen molar-refractivity contribution in [2.45, 2.75) is 51.0 Å².